The molecule has 1 amide bonds. The summed E-state index contributed by atoms with van der Waals surface area (Å²) in [5, 5.41) is 6.37. The maximum absolute atomic E-state index is 11.5. The monoisotopic (exact) mass is 227 g/mol. The minimum absolute atomic E-state index is 0.168. The van der Waals surface area contributed by atoms with Crippen LogP contribution in [0, 0.1) is 0 Å². The Hall–Kier alpha value is -0.610. The zero-order valence-corrected chi connectivity index (χ0v) is 10.8. The van der Waals surface area contributed by atoms with E-state index in [0.29, 0.717) is 18.6 Å². The third-order valence-electron chi connectivity index (χ3n) is 2.63. The van der Waals surface area contributed by atoms with Gasteiger partial charge in [0.05, 0.1) is 6.54 Å². The Morgan fingerprint density at radius 3 is 2.69 bits per heavy atom. The fourth-order valence-electron chi connectivity index (χ4n) is 1.56. The fourth-order valence-corrected chi connectivity index (χ4v) is 1.56. The molecule has 0 aromatic heterocycles. The topological polar surface area (TPSA) is 44.4 Å². The molecule has 0 spiro atoms. The summed E-state index contributed by atoms with van der Waals surface area (Å²) >= 11 is 0. The molecule has 94 valence electrons. The molecular formula is C12H25N3O. The van der Waals surface area contributed by atoms with Crippen molar-refractivity contribution >= 4 is 5.91 Å². The Bertz CT molecular complexity index is 214. The molecule has 16 heavy (non-hydrogen) atoms. The highest BCUT2D eigenvalue weighted by Gasteiger charge is 2.23. The zero-order valence-electron chi connectivity index (χ0n) is 10.8. The second kappa shape index (κ2) is 6.86. The van der Waals surface area contributed by atoms with Crippen molar-refractivity contribution in [3.8, 4) is 0 Å². The first-order valence-corrected chi connectivity index (χ1v) is 6.29. The third-order valence-corrected chi connectivity index (χ3v) is 2.63. The molecule has 1 aliphatic carbocycles. The number of nitrogens with zero attached hydrogens (tertiary/aromatic N) is 1. The van der Waals surface area contributed by atoms with E-state index in [2.05, 4.69) is 29.4 Å². The van der Waals surface area contributed by atoms with E-state index in [-0.39, 0.29) is 5.91 Å². The van der Waals surface area contributed by atoms with Crippen LogP contribution in [0.25, 0.3) is 0 Å². The highest BCUT2D eigenvalue weighted by atomic mass is 16.2. The summed E-state index contributed by atoms with van der Waals surface area (Å²) in [4.78, 5) is 13.6. The van der Waals surface area contributed by atoms with Gasteiger partial charge in [0.1, 0.15) is 0 Å². The lowest BCUT2D eigenvalue weighted by atomic mass is 10.3. The van der Waals surface area contributed by atoms with Gasteiger partial charge < -0.3 is 10.6 Å². The Labute approximate surface area is 98.8 Å². The van der Waals surface area contributed by atoms with Crippen LogP contribution in [0.3, 0.4) is 0 Å². The Morgan fingerprint density at radius 2 is 2.12 bits per heavy atom. The van der Waals surface area contributed by atoms with E-state index in [4.69, 9.17) is 0 Å². The predicted octanol–water partition coefficient (Wildman–Crippen LogP) is 0.585. The average molecular weight is 227 g/mol. The summed E-state index contributed by atoms with van der Waals surface area (Å²) < 4.78 is 0. The van der Waals surface area contributed by atoms with Crippen LogP contribution in [0.4, 0.5) is 0 Å². The first-order valence-electron chi connectivity index (χ1n) is 6.29. The highest BCUT2D eigenvalue weighted by Crippen LogP contribution is 2.18. The smallest absolute Gasteiger partial charge is 0.234 e. The van der Waals surface area contributed by atoms with E-state index in [1.165, 1.54) is 0 Å². The summed E-state index contributed by atoms with van der Waals surface area (Å²) in [5.41, 5.74) is 0. The van der Waals surface area contributed by atoms with Crippen LogP contribution >= 0.6 is 0 Å². The van der Waals surface area contributed by atoms with Crippen LogP contribution < -0.4 is 10.6 Å². The molecule has 0 atom stereocenters. The lowest BCUT2D eigenvalue weighted by molar-refractivity contribution is -0.122. The molecule has 0 radical (unpaired) electrons. The number of hydrogen-bond donors (Lipinski definition) is 2. The molecule has 2 N–H and O–H groups in total. The second-order valence-electron chi connectivity index (χ2n) is 5.04. The number of carbonyl (C=O) groups excluding carboxylic acids is 1. The predicted molar refractivity (Wildman–Crippen MR) is 66.4 cm³/mol. The van der Waals surface area contributed by atoms with Crippen molar-refractivity contribution in [2.45, 2.75) is 45.2 Å². The maximum Gasteiger partial charge on any atom is 0.234 e. The maximum atomic E-state index is 11.5. The van der Waals surface area contributed by atoms with Crippen molar-refractivity contribution in [3.05, 3.63) is 0 Å². The van der Waals surface area contributed by atoms with E-state index in [1.54, 1.807) is 0 Å². The molecule has 0 aromatic rings. The molecule has 0 saturated heterocycles. The van der Waals surface area contributed by atoms with Crippen molar-refractivity contribution in [2.24, 2.45) is 0 Å². The van der Waals surface area contributed by atoms with Gasteiger partial charge in [-0.1, -0.05) is 13.8 Å². The molecular weight excluding hydrogens is 202 g/mol. The third kappa shape index (κ3) is 6.80. The molecule has 1 fully saturated rings. The van der Waals surface area contributed by atoms with Crippen LogP contribution in [0.2, 0.25) is 0 Å². The fraction of sp³-hybridized carbons (Fsp3) is 0.917. The Balaban J connectivity index is 1.96. The number of rotatable bonds is 8. The van der Waals surface area contributed by atoms with Gasteiger partial charge in [0.15, 0.2) is 0 Å². The summed E-state index contributed by atoms with van der Waals surface area (Å²) in [5.74, 6) is 0.168. The minimum atomic E-state index is 0.168. The van der Waals surface area contributed by atoms with E-state index in [0.717, 1.165) is 32.4 Å². The van der Waals surface area contributed by atoms with Gasteiger partial charge in [0.2, 0.25) is 5.91 Å². The molecule has 0 aromatic carbocycles. The standard InChI is InChI=1S/C12H25N3O/c1-10(2)13-7-4-8-15(3)9-12(16)14-11-5-6-11/h10-11,13H,4-9H2,1-3H3,(H,14,16). The van der Waals surface area contributed by atoms with Gasteiger partial charge >= 0.3 is 0 Å². The lowest BCUT2D eigenvalue weighted by Crippen LogP contribution is -2.37. The number of likely N-dealkylation sites (N-methyl/N-ethyl adjacent to an activating group) is 1. The quantitative estimate of drug-likeness (QED) is 0.596. The van der Waals surface area contributed by atoms with Gasteiger partial charge in [-0.2, -0.15) is 0 Å². The van der Waals surface area contributed by atoms with Gasteiger partial charge in [-0.05, 0) is 39.4 Å². The summed E-state index contributed by atoms with van der Waals surface area (Å²) in [7, 11) is 2.00. The molecule has 1 rings (SSSR count). The van der Waals surface area contributed by atoms with Crippen molar-refractivity contribution in [3.63, 3.8) is 0 Å². The van der Waals surface area contributed by atoms with E-state index >= 15 is 0 Å². The van der Waals surface area contributed by atoms with E-state index < -0.39 is 0 Å². The van der Waals surface area contributed by atoms with E-state index in [1.807, 2.05) is 7.05 Å². The van der Waals surface area contributed by atoms with Crippen LogP contribution in [0.1, 0.15) is 33.1 Å². The van der Waals surface area contributed by atoms with Gasteiger partial charge in [0.25, 0.3) is 0 Å². The number of nitrogens with one attached hydrogen (secondary N) is 2. The summed E-state index contributed by atoms with van der Waals surface area (Å²) in [6.45, 7) is 6.81. The normalized spacial score (nSPS) is 15.8. The molecule has 4 heteroatoms. The van der Waals surface area contributed by atoms with Crippen LogP contribution in [0.15, 0.2) is 0 Å². The van der Waals surface area contributed by atoms with Gasteiger partial charge in [0, 0.05) is 12.1 Å². The largest absolute Gasteiger partial charge is 0.352 e. The SMILES string of the molecule is CC(C)NCCCN(C)CC(=O)NC1CC1. The van der Waals surface area contributed by atoms with Gasteiger partial charge in [-0.15, -0.1) is 0 Å². The first kappa shape index (κ1) is 13.5. The number of amides is 1. The minimum Gasteiger partial charge on any atom is -0.352 e. The lowest BCUT2D eigenvalue weighted by Gasteiger charge is -2.16. The molecule has 0 bridgehead atoms. The van der Waals surface area contributed by atoms with Crippen molar-refractivity contribution in [2.75, 3.05) is 26.7 Å². The van der Waals surface area contributed by atoms with E-state index in [9.17, 15) is 4.79 Å². The van der Waals surface area contributed by atoms with Crippen LogP contribution in [-0.4, -0.2) is 49.6 Å². The highest BCUT2D eigenvalue weighted by molar-refractivity contribution is 5.78. The summed E-state index contributed by atoms with van der Waals surface area (Å²) in [6.07, 6.45) is 3.41. The van der Waals surface area contributed by atoms with Crippen LogP contribution in [-0.2, 0) is 4.79 Å². The average Bonchev–Trinajstić information content (AvgIpc) is 2.95. The van der Waals surface area contributed by atoms with Gasteiger partial charge in [-0.3, -0.25) is 9.69 Å². The molecule has 1 aliphatic rings. The second-order valence-corrected chi connectivity index (χ2v) is 5.04. The summed E-state index contributed by atoms with van der Waals surface area (Å²) in [6, 6.07) is 1.02. The number of hydrogen-bond acceptors (Lipinski definition) is 3. The number of carbonyl (C=O) groups is 1. The van der Waals surface area contributed by atoms with Crippen molar-refractivity contribution in [1.82, 2.24) is 15.5 Å². The molecule has 0 aliphatic heterocycles. The molecule has 1 saturated carbocycles. The van der Waals surface area contributed by atoms with Crippen molar-refractivity contribution < 1.29 is 4.79 Å². The zero-order chi connectivity index (χ0) is 12.0. The van der Waals surface area contributed by atoms with Gasteiger partial charge in [-0.25, -0.2) is 0 Å². The van der Waals surface area contributed by atoms with Crippen LogP contribution in [0.5, 0.6) is 0 Å². The Morgan fingerprint density at radius 1 is 1.44 bits per heavy atom. The molecule has 0 heterocycles. The molecule has 4 nitrogen and oxygen atoms in total. The first-order chi connectivity index (χ1) is 7.58. The van der Waals surface area contributed by atoms with Crippen molar-refractivity contribution in [1.29, 1.82) is 0 Å². The Kier molecular flexibility index (Phi) is 5.77. The molecule has 0 unspecified atom stereocenters.